The Labute approximate surface area is 249 Å². The van der Waals surface area contributed by atoms with Gasteiger partial charge in [-0.15, -0.1) is 0 Å². The van der Waals surface area contributed by atoms with E-state index >= 15 is 0 Å². The average molecular weight is 598 g/mol. The molecule has 3 aromatic carbocycles. The number of rotatable bonds is 13. The lowest BCUT2D eigenvalue weighted by atomic mass is 10.1. The maximum atomic E-state index is 14.2. The van der Waals surface area contributed by atoms with Crippen molar-refractivity contribution in [2.45, 2.75) is 71.4 Å². The van der Waals surface area contributed by atoms with Gasteiger partial charge >= 0.3 is 0 Å². The third-order valence-electron chi connectivity index (χ3n) is 7.28. The summed E-state index contributed by atoms with van der Waals surface area (Å²) in [6, 6.07) is 18.1. The molecule has 0 radical (unpaired) electrons. The molecule has 0 bridgehead atoms. The van der Waals surface area contributed by atoms with Crippen LogP contribution >= 0.6 is 11.6 Å². The Hall–Kier alpha value is -3.36. The predicted octanol–water partition coefficient (Wildman–Crippen LogP) is 6.18. The number of anilines is 1. The summed E-state index contributed by atoms with van der Waals surface area (Å²) in [7, 11) is -4.15. The molecule has 0 aliphatic heterocycles. The number of halogens is 1. The molecule has 0 aromatic heterocycles. The number of benzene rings is 3. The molecule has 0 spiro atoms. The van der Waals surface area contributed by atoms with Crippen molar-refractivity contribution in [2.24, 2.45) is 0 Å². The van der Waals surface area contributed by atoms with Crippen LogP contribution in [-0.2, 0) is 26.2 Å². The van der Waals surface area contributed by atoms with Gasteiger partial charge in [-0.25, -0.2) is 8.42 Å². The molecular formula is C32H40ClN3O4S. The highest BCUT2D eigenvalue weighted by Gasteiger charge is 2.34. The van der Waals surface area contributed by atoms with E-state index in [0.717, 1.165) is 39.4 Å². The number of nitrogens with one attached hydrogen (secondary N) is 1. The van der Waals surface area contributed by atoms with Crippen LogP contribution in [0.4, 0.5) is 5.69 Å². The van der Waals surface area contributed by atoms with Gasteiger partial charge in [-0.2, -0.15) is 0 Å². The number of unbranched alkanes of at least 4 members (excludes halogenated alkanes) is 1. The number of nitrogens with zero attached hydrogens (tertiary/aromatic N) is 2. The second-order valence-corrected chi connectivity index (χ2v) is 12.5. The molecule has 0 aliphatic carbocycles. The first kappa shape index (κ1) is 32.2. The Bertz CT molecular complexity index is 1460. The van der Waals surface area contributed by atoms with E-state index in [4.69, 9.17) is 11.6 Å². The zero-order valence-corrected chi connectivity index (χ0v) is 26.1. The van der Waals surface area contributed by atoms with Crippen molar-refractivity contribution < 1.29 is 18.0 Å². The quantitative estimate of drug-likeness (QED) is 0.238. The minimum Gasteiger partial charge on any atom is -0.354 e. The number of sulfonamides is 1. The van der Waals surface area contributed by atoms with Crippen molar-refractivity contribution in [3.8, 4) is 0 Å². The lowest BCUT2D eigenvalue weighted by molar-refractivity contribution is -0.140. The maximum Gasteiger partial charge on any atom is 0.264 e. The van der Waals surface area contributed by atoms with Crippen LogP contribution < -0.4 is 9.62 Å². The number of carbonyl (C=O) groups is 2. The molecule has 220 valence electrons. The predicted molar refractivity (Wildman–Crippen MR) is 166 cm³/mol. The molecule has 0 saturated carbocycles. The van der Waals surface area contributed by atoms with Crippen molar-refractivity contribution in [3.05, 3.63) is 94.0 Å². The number of amides is 2. The molecule has 3 rings (SSSR count). The van der Waals surface area contributed by atoms with Gasteiger partial charge in [0.2, 0.25) is 11.8 Å². The fourth-order valence-electron chi connectivity index (χ4n) is 4.54. The molecule has 0 heterocycles. The smallest absolute Gasteiger partial charge is 0.264 e. The van der Waals surface area contributed by atoms with Gasteiger partial charge in [0.05, 0.1) is 10.6 Å². The highest BCUT2D eigenvalue weighted by atomic mass is 35.5. The van der Waals surface area contributed by atoms with Gasteiger partial charge in [0.15, 0.2) is 0 Å². The van der Waals surface area contributed by atoms with Gasteiger partial charge in [0.25, 0.3) is 10.0 Å². The lowest BCUT2D eigenvalue weighted by Gasteiger charge is -2.33. The average Bonchev–Trinajstić information content (AvgIpc) is 2.94. The van der Waals surface area contributed by atoms with E-state index in [2.05, 4.69) is 5.32 Å². The molecule has 0 unspecified atom stereocenters. The Morgan fingerprint density at radius 2 is 1.59 bits per heavy atom. The Balaban J connectivity index is 2.07. The van der Waals surface area contributed by atoms with Crippen molar-refractivity contribution in [1.29, 1.82) is 0 Å². The van der Waals surface area contributed by atoms with Crippen LogP contribution in [0, 0.1) is 20.8 Å². The molecular weight excluding hydrogens is 558 g/mol. The second kappa shape index (κ2) is 14.5. The van der Waals surface area contributed by atoms with Gasteiger partial charge in [-0.3, -0.25) is 13.9 Å². The van der Waals surface area contributed by atoms with E-state index in [0.29, 0.717) is 23.7 Å². The first-order valence-corrected chi connectivity index (χ1v) is 15.8. The van der Waals surface area contributed by atoms with Crippen molar-refractivity contribution in [1.82, 2.24) is 10.2 Å². The van der Waals surface area contributed by atoms with Gasteiger partial charge in [0, 0.05) is 18.1 Å². The van der Waals surface area contributed by atoms with E-state index in [1.807, 2.05) is 65.0 Å². The highest BCUT2D eigenvalue weighted by Crippen LogP contribution is 2.27. The van der Waals surface area contributed by atoms with E-state index < -0.39 is 28.5 Å². The highest BCUT2D eigenvalue weighted by molar-refractivity contribution is 7.92. The fraction of sp³-hybridized carbons (Fsp3) is 0.375. The van der Waals surface area contributed by atoms with Crippen LogP contribution in [0.2, 0.25) is 5.02 Å². The summed E-state index contributed by atoms with van der Waals surface area (Å²) in [5.74, 6) is -0.720. The van der Waals surface area contributed by atoms with Crippen LogP contribution in [0.1, 0.15) is 55.4 Å². The fourth-order valence-corrected chi connectivity index (χ4v) is 6.07. The first-order chi connectivity index (χ1) is 19.5. The Morgan fingerprint density at radius 3 is 2.20 bits per heavy atom. The monoisotopic (exact) mass is 597 g/mol. The van der Waals surface area contributed by atoms with E-state index in [1.54, 1.807) is 12.1 Å². The molecule has 0 saturated heterocycles. The Kier molecular flexibility index (Phi) is 11.4. The minimum absolute atomic E-state index is 0.0164. The molecule has 2 amide bonds. The molecule has 1 atom stereocenters. The third kappa shape index (κ3) is 8.11. The SMILES string of the molecule is CCCCNC(=O)[C@@H](CC)N(Cc1ccccc1C)C(=O)CN(c1ccc(C)c(C)c1)S(=O)(=O)c1ccc(Cl)cc1. The topological polar surface area (TPSA) is 86.8 Å². The molecule has 41 heavy (non-hydrogen) atoms. The number of carbonyl (C=O) groups excluding carboxylic acids is 2. The van der Waals surface area contributed by atoms with Crippen molar-refractivity contribution >= 4 is 39.1 Å². The molecule has 0 fully saturated rings. The van der Waals surface area contributed by atoms with Crippen LogP contribution in [0.15, 0.2) is 71.6 Å². The maximum absolute atomic E-state index is 14.2. The zero-order chi connectivity index (χ0) is 30.2. The van der Waals surface area contributed by atoms with Crippen LogP contribution in [-0.4, -0.2) is 44.3 Å². The number of hydrogen-bond donors (Lipinski definition) is 1. The van der Waals surface area contributed by atoms with Gasteiger partial charge in [0.1, 0.15) is 12.6 Å². The van der Waals surface area contributed by atoms with E-state index in [1.165, 1.54) is 29.2 Å². The molecule has 7 nitrogen and oxygen atoms in total. The van der Waals surface area contributed by atoms with Crippen LogP contribution in [0.25, 0.3) is 0 Å². The van der Waals surface area contributed by atoms with Crippen molar-refractivity contribution in [2.75, 3.05) is 17.4 Å². The minimum atomic E-state index is -4.15. The molecule has 9 heteroatoms. The summed E-state index contributed by atoms with van der Waals surface area (Å²) in [5, 5.41) is 3.36. The number of aryl methyl sites for hydroxylation is 3. The standard InChI is InChI=1S/C32H40ClN3O4S/c1-6-8-19-34-32(38)30(7-2)35(21-26-12-10-9-11-24(26)4)31(37)22-36(28-16-13-23(3)25(5)20-28)41(39,40)29-17-14-27(33)15-18-29/h9-18,20,30H,6-8,19,21-22H2,1-5H3,(H,34,38)/t30-/m1/s1. The second-order valence-electron chi connectivity index (χ2n) is 10.3. The molecule has 1 N–H and O–H groups in total. The van der Waals surface area contributed by atoms with Gasteiger partial charge < -0.3 is 10.2 Å². The van der Waals surface area contributed by atoms with Gasteiger partial charge in [-0.05, 0) is 92.3 Å². The summed E-state index contributed by atoms with van der Waals surface area (Å²) in [5.41, 5.74) is 4.13. The zero-order valence-electron chi connectivity index (χ0n) is 24.5. The largest absolute Gasteiger partial charge is 0.354 e. The summed E-state index contributed by atoms with van der Waals surface area (Å²) < 4.78 is 29.1. The summed E-state index contributed by atoms with van der Waals surface area (Å²) >= 11 is 6.03. The molecule has 3 aromatic rings. The van der Waals surface area contributed by atoms with E-state index in [-0.39, 0.29) is 17.3 Å². The third-order valence-corrected chi connectivity index (χ3v) is 9.32. The molecule has 0 aliphatic rings. The summed E-state index contributed by atoms with van der Waals surface area (Å²) in [4.78, 5) is 29.0. The van der Waals surface area contributed by atoms with Crippen molar-refractivity contribution in [3.63, 3.8) is 0 Å². The van der Waals surface area contributed by atoms with Crippen LogP contribution in [0.5, 0.6) is 0 Å². The normalized spacial score (nSPS) is 12.0. The van der Waals surface area contributed by atoms with Crippen LogP contribution in [0.3, 0.4) is 0 Å². The number of hydrogen-bond acceptors (Lipinski definition) is 4. The Morgan fingerprint density at radius 1 is 0.902 bits per heavy atom. The van der Waals surface area contributed by atoms with E-state index in [9.17, 15) is 18.0 Å². The van der Waals surface area contributed by atoms with Gasteiger partial charge in [-0.1, -0.05) is 62.2 Å². The summed E-state index contributed by atoms with van der Waals surface area (Å²) in [6.45, 7) is 9.89. The first-order valence-electron chi connectivity index (χ1n) is 14.0. The lowest BCUT2D eigenvalue weighted by Crippen LogP contribution is -2.52. The summed E-state index contributed by atoms with van der Waals surface area (Å²) in [6.07, 6.45) is 2.13.